The van der Waals surface area contributed by atoms with Crippen molar-refractivity contribution in [3.05, 3.63) is 131 Å². The molecule has 0 radical (unpaired) electrons. The Morgan fingerprint density at radius 1 is 0.686 bits per heavy atom. The molecular weight excluding hydrogens is 437 g/mol. The standard InChI is InChI=1S/C31H26FNO2/c32-26-13-11-24(12-14-26)31(15-16-31)25-17-27-30(28(18-25)34-20-22-7-3-1-4-8-22)29(19-33-27)35-21-23-9-5-2-6-10-23/h1-14,17-19,33H,15-16,20-21H2. The van der Waals surface area contributed by atoms with E-state index in [2.05, 4.69) is 41.4 Å². The minimum Gasteiger partial charge on any atom is -0.488 e. The number of benzene rings is 4. The number of rotatable bonds is 8. The van der Waals surface area contributed by atoms with Gasteiger partial charge in [-0.2, -0.15) is 0 Å². The van der Waals surface area contributed by atoms with Gasteiger partial charge in [-0.15, -0.1) is 0 Å². The van der Waals surface area contributed by atoms with Gasteiger partial charge >= 0.3 is 0 Å². The van der Waals surface area contributed by atoms with Gasteiger partial charge in [-0.1, -0.05) is 72.8 Å². The zero-order valence-electron chi connectivity index (χ0n) is 19.3. The van der Waals surface area contributed by atoms with E-state index in [0.717, 1.165) is 51.9 Å². The molecule has 1 fully saturated rings. The maximum atomic E-state index is 13.6. The Bertz CT molecular complexity index is 1440. The SMILES string of the molecule is Fc1ccc(C2(c3cc(OCc4ccccc4)c4c(OCc5ccccc5)c[nH]c4c3)CC2)cc1. The van der Waals surface area contributed by atoms with Crippen LogP contribution in [0.4, 0.5) is 4.39 Å². The van der Waals surface area contributed by atoms with E-state index >= 15 is 0 Å². The maximum Gasteiger partial charge on any atom is 0.148 e. The number of halogens is 1. The summed E-state index contributed by atoms with van der Waals surface area (Å²) < 4.78 is 26.2. The predicted molar refractivity (Wildman–Crippen MR) is 136 cm³/mol. The van der Waals surface area contributed by atoms with Crippen molar-refractivity contribution in [3.8, 4) is 11.5 Å². The quantitative estimate of drug-likeness (QED) is 0.258. The van der Waals surface area contributed by atoms with Crippen LogP contribution in [0.3, 0.4) is 0 Å². The second kappa shape index (κ2) is 8.95. The fourth-order valence-corrected chi connectivity index (χ4v) is 4.81. The van der Waals surface area contributed by atoms with Crippen molar-refractivity contribution in [1.29, 1.82) is 0 Å². The first-order valence-electron chi connectivity index (χ1n) is 12.0. The third kappa shape index (κ3) is 4.28. The van der Waals surface area contributed by atoms with E-state index in [-0.39, 0.29) is 11.2 Å². The summed E-state index contributed by atoms with van der Waals surface area (Å²) in [5, 5.41) is 0.940. The molecule has 0 atom stereocenters. The predicted octanol–water partition coefficient (Wildman–Crippen LogP) is 7.54. The summed E-state index contributed by atoms with van der Waals surface area (Å²) in [6.07, 6.45) is 3.96. The highest BCUT2D eigenvalue weighted by Crippen LogP contribution is 2.55. The Morgan fingerprint density at radius 2 is 1.29 bits per heavy atom. The zero-order valence-corrected chi connectivity index (χ0v) is 19.3. The molecule has 0 bridgehead atoms. The fourth-order valence-electron chi connectivity index (χ4n) is 4.81. The topological polar surface area (TPSA) is 34.2 Å². The number of hydrogen-bond acceptors (Lipinski definition) is 2. The van der Waals surface area contributed by atoms with Gasteiger partial charge in [0, 0.05) is 11.6 Å². The monoisotopic (exact) mass is 463 g/mol. The molecule has 1 saturated carbocycles. The summed E-state index contributed by atoms with van der Waals surface area (Å²) in [6.45, 7) is 0.944. The average molecular weight is 464 g/mol. The van der Waals surface area contributed by atoms with Crippen molar-refractivity contribution in [2.75, 3.05) is 0 Å². The zero-order chi connectivity index (χ0) is 23.7. The molecule has 0 unspecified atom stereocenters. The lowest BCUT2D eigenvalue weighted by Crippen LogP contribution is -2.09. The molecule has 0 spiro atoms. The van der Waals surface area contributed by atoms with E-state index in [1.54, 1.807) is 12.1 Å². The molecule has 4 aromatic carbocycles. The first-order valence-corrected chi connectivity index (χ1v) is 12.0. The van der Waals surface area contributed by atoms with Crippen molar-refractivity contribution in [2.24, 2.45) is 0 Å². The summed E-state index contributed by atoms with van der Waals surface area (Å²) in [5.41, 5.74) is 5.40. The average Bonchev–Trinajstić information content (AvgIpc) is 3.61. The van der Waals surface area contributed by atoms with Gasteiger partial charge in [-0.05, 0) is 59.4 Å². The normalized spacial score (nSPS) is 14.1. The molecule has 0 saturated heterocycles. The highest BCUT2D eigenvalue weighted by Gasteiger charge is 2.46. The Hall–Kier alpha value is -4.05. The van der Waals surface area contributed by atoms with Gasteiger partial charge in [0.2, 0.25) is 0 Å². The number of H-pyrrole nitrogens is 1. The van der Waals surface area contributed by atoms with Crippen molar-refractivity contribution >= 4 is 10.9 Å². The van der Waals surface area contributed by atoms with Crippen LogP contribution in [-0.4, -0.2) is 4.98 Å². The first kappa shape index (κ1) is 21.5. The second-order valence-corrected chi connectivity index (χ2v) is 9.19. The van der Waals surface area contributed by atoms with E-state index in [1.807, 2.05) is 54.7 Å². The number of ether oxygens (including phenoxy) is 2. The molecular formula is C31H26FNO2. The van der Waals surface area contributed by atoms with Crippen LogP contribution in [0, 0.1) is 5.82 Å². The van der Waals surface area contributed by atoms with Crippen LogP contribution in [0.5, 0.6) is 11.5 Å². The van der Waals surface area contributed by atoms with Crippen LogP contribution in [0.2, 0.25) is 0 Å². The van der Waals surface area contributed by atoms with Gasteiger partial charge in [-0.25, -0.2) is 4.39 Å². The summed E-state index contributed by atoms with van der Waals surface area (Å²) in [6, 6.07) is 31.5. The number of aromatic amines is 1. The molecule has 1 aliphatic carbocycles. The van der Waals surface area contributed by atoms with Gasteiger partial charge in [0.05, 0.1) is 10.9 Å². The van der Waals surface area contributed by atoms with E-state index in [9.17, 15) is 4.39 Å². The minimum atomic E-state index is -0.212. The Kier molecular flexibility index (Phi) is 5.49. The highest BCUT2D eigenvalue weighted by atomic mass is 19.1. The number of fused-ring (bicyclic) bond motifs is 1. The highest BCUT2D eigenvalue weighted by molar-refractivity contribution is 5.93. The molecule has 1 heterocycles. The van der Waals surface area contributed by atoms with Crippen LogP contribution in [0.25, 0.3) is 10.9 Å². The summed E-state index contributed by atoms with van der Waals surface area (Å²) in [5.74, 6) is 1.35. The Balaban J connectivity index is 1.38. The number of aromatic nitrogens is 1. The summed E-state index contributed by atoms with van der Waals surface area (Å²) in [7, 11) is 0. The number of hydrogen-bond donors (Lipinski definition) is 1. The molecule has 1 aliphatic rings. The van der Waals surface area contributed by atoms with E-state index < -0.39 is 0 Å². The van der Waals surface area contributed by atoms with Crippen molar-refractivity contribution in [1.82, 2.24) is 4.98 Å². The molecule has 1 aromatic heterocycles. The lowest BCUT2D eigenvalue weighted by Gasteiger charge is -2.19. The fraction of sp³-hybridized carbons (Fsp3) is 0.161. The van der Waals surface area contributed by atoms with Gasteiger partial charge in [0.1, 0.15) is 30.5 Å². The summed E-state index contributed by atoms with van der Waals surface area (Å²) >= 11 is 0. The van der Waals surface area contributed by atoms with Gasteiger partial charge in [-0.3, -0.25) is 0 Å². The third-order valence-electron chi connectivity index (χ3n) is 6.88. The van der Waals surface area contributed by atoms with Crippen LogP contribution < -0.4 is 9.47 Å². The number of nitrogens with one attached hydrogen (secondary N) is 1. The van der Waals surface area contributed by atoms with Crippen LogP contribution in [0.1, 0.15) is 35.1 Å². The van der Waals surface area contributed by atoms with Crippen LogP contribution >= 0.6 is 0 Å². The molecule has 5 aromatic rings. The molecule has 0 aliphatic heterocycles. The van der Waals surface area contributed by atoms with Gasteiger partial charge in [0.15, 0.2) is 0 Å². The molecule has 35 heavy (non-hydrogen) atoms. The Morgan fingerprint density at radius 3 is 1.89 bits per heavy atom. The lowest BCUT2D eigenvalue weighted by molar-refractivity contribution is 0.298. The van der Waals surface area contributed by atoms with Crippen molar-refractivity contribution in [2.45, 2.75) is 31.5 Å². The third-order valence-corrected chi connectivity index (χ3v) is 6.88. The van der Waals surface area contributed by atoms with E-state index in [4.69, 9.17) is 9.47 Å². The smallest absolute Gasteiger partial charge is 0.148 e. The largest absolute Gasteiger partial charge is 0.488 e. The summed E-state index contributed by atoms with van der Waals surface area (Å²) in [4.78, 5) is 3.40. The first-order chi connectivity index (χ1) is 17.2. The van der Waals surface area contributed by atoms with Crippen molar-refractivity contribution in [3.63, 3.8) is 0 Å². The molecule has 6 rings (SSSR count). The molecule has 174 valence electrons. The molecule has 0 amide bonds. The molecule has 4 heteroatoms. The Labute approximate surface area is 204 Å². The van der Waals surface area contributed by atoms with Gasteiger partial charge in [0.25, 0.3) is 0 Å². The van der Waals surface area contributed by atoms with Crippen molar-refractivity contribution < 1.29 is 13.9 Å². The van der Waals surface area contributed by atoms with Crippen LogP contribution in [-0.2, 0) is 18.6 Å². The lowest BCUT2D eigenvalue weighted by atomic mass is 9.87. The van der Waals surface area contributed by atoms with Crippen LogP contribution in [0.15, 0.2) is 103 Å². The maximum absolute atomic E-state index is 13.6. The molecule has 1 N–H and O–H groups in total. The second-order valence-electron chi connectivity index (χ2n) is 9.19. The molecule has 3 nitrogen and oxygen atoms in total. The minimum absolute atomic E-state index is 0.108. The van der Waals surface area contributed by atoms with E-state index in [0.29, 0.717) is 13.2 Å². The van der Waals surface area contributed by atoms with Gasteiger partial charge < -0.3 is 14.5 Å². The van der Waals surface area contributed by atoms with E-state index in [1.165, 1.54) is 5.56 Å².